The van der Waals surface area contributed by atoms with Gasteiger partial charge in [-0.1, -0.05) is 27.7 Å². The van der Waals surface area contributed by atoms with Gasteiger partial charge in [0.1, 0.15) is 5.78 Å². The monoisotopic (exact) mass is 1430 g/mol. The summed E-state index contributed by atoms with van der Waals surface area (Å²) in [6.07, 6.45) is 9.36. The smallest absolute Gasteiger partial charge is 0.550 e. The number of carboxylic acid groups (broad SMARTS) is 1. The molecule has 4 aliphatic heterocycles. The van der Waals surface area contributed by atoms with Crippen LogP contribution in [-0.4, -0.2) is 231 Å². The van der Waals surface area contributed by atoms with Gasteiger partial charge in [-0.3, -0.25) is 14.6 Å². The molecule has 0 aliphatic carbocycles. The molecule has 4 aliphatic rings. The number of nitrogens with one attached hydrogen (secondary N) is 1. The minimum atomic E-state index is -3.30. The SMILES string of the molecule is CC(=O)OOC(C)=O.CC(=O)[O-].CCN(CC)C1CCN(Cc2c(C)sc3c(-c4cnc(OC)c(CS(C)(=O)=O)c4)nc(N4CCOCC4)nc23)CC1.CCNCC.COc1ncc(-c2nc(N3CCOCC3)nc3c(CN4CCC(=O)CC4)c(C)sc23)cc1CS(C)(=O)=O.[B].[Na+]. The Kier molecular flexibility index (Phi) is 35.1. The van der Waals surface area contributed by atoms with Crippen molar-refractivity contribution in [1.29, 1.82) is 0 Å². The maximum absolute atomic E-state index is 12.2. The molecule has 27 nitrogen and oxygen atoms in total. The fraction of sp³-hybridized carbons (Fsp3) is 0.594. The van der Waals surface area contributed by atoms with Crippen LogP contribution in [0.25, 0.3) is 42.9 Å². The van der Waals surface area contributed by atoms with Crippen LogP contribution in [0.5, 0.6) is 11.8 Å². The van der Waals surface area contributed by atoms with E-state index in [0.717, 1.165) is 153 Å². The Labute approximate surface area is 602 Å². The zero-order valence-electron chi connectivity index (χ0n) is 58.6. The molecule has 3 radical (unpaired) electrons. The number of carbonyl (C=O) groups excluding carboxylic acids is 4. The number of ether oxygens (including phenoxy) is 4. The second kappa shape index (κ2) is 40.6. The number of morpholine rings is 2. The summed E-state index contributed by atoms with van der Waals surface area (Å²) in [7, 11) is -3.60. The Hall–Kier alpha value is -5.62. The van der Waals surface area contributed by atoms with Crippen molar-refractivity contribution in [3.63, 3.8) is 0 Å². The number of aliphatic carboxylic acids is 1. The van der Waals surface area contributed by atoms with Crippen molar-refractivity contribution in [2.45, 2.75) is 119 Å². The van der Waals surface area contributed by atoms with Crippen molar-refractivity contribution in [2.24, 2.45) is 0 Å². The van der Waals surface area contributed by atoms with Gasteiger partial charge in [-0.25, -0.2) is 66.1 Å². The number of thiophene rings is 2. The number of fused-ring (bicyclic) bond motifs is 2. The molecule has 0 atom stereocenters. The van der Waals surface area contributed by atoms with Crippen molar-refractivity contribution in [3.8, 4) is 34.3 Å². The summed E-state index contributed by atoms with van der Waals surface area (Å²) in [6, 6.07) is 4.32. The van der Waals surface area contributed by atoms with Gasteiger partial charge in [0, 0.05) is 168 Å². The number of hydrogen-bond donors (Lipinski definition) is 1. The quantitative estimate of drug-likeness (QED) is 0.0691. The summed E-state index contributed by atoms with van der Waals surface area (Å²) in [5.41, 5.74) is 8.28. The van der Waals surface area contributed by atoms with E-state index in [1.807, 2.05) is 12.1 Å². The summed E-state index contributed by atoms with van der Waals surface area (Å²) in [5.74, 6) is -0.469. The standard InChI is InChI=1S/C29H42N6O4S2.C25H31N5O5S2.C4H11N.C4H6O4.C2H4O2.B.Na/c1-6-34(7-2)23-8-10-33(11-9-23)18-24-20(3)40-27-25(31-29(32-26(24)27)35-12-14-39-15-13-35)21-16-22(19-41(5,36)37)28(38-4)30-17-21;1-16-20(14-29-6-4-19(31)5-7-29)22-23(36-16)21(27-25(28-22)30-8-10-35-11-9-30)17-12-18(15-37(3,32)33)24(34-2)26-13-17;1-3-5-4-2;1-3(5)7-8-4(2)6;1-2(3)4;;/h16-17,23H,6-15,18-19H2,1-5H3;12-13H,4-11,14-15H2,1-3H3;5H,3-4H2,1-2H3;1-2H3;1H3,(H,3,4);;/q;;;;;;+1/p-1. The number of carboxylic acids is 1. The molecule has 0 spiro atoms. The number of carbonyl (C=O) groups is 4. The number of piperidine rings is 2. The molecule has 6 aromatic heterocycles. The molecule has 4 saturated heterocycles. The average Bonchev–Trinajstić information content (AvgIpc) is 1.67. The Morgan fingerprint density at radius 3 is 1.33 bits per heavy atom. The van der Waals surface area contributed by atoms with Gasteiger partial charge in [-0.15, -0.1) is 22.7 Å². The van der Waals surface area contributed by atoms with Gasteiger partial charge in [0.2, 0.25) is 23.7 Å². The number of aromatic nitrogens is 6. The van der Waals surface area contributed by atoms with E-state index in [4.69, 9.17) is 48.8 Å². The van der Waals surface area contributed by atoms with Crippen LogP contribution >= 0.6 is 22.7 Å². The normalized spacial score (nSPS) is 15.4. The van der Waals surface area contributed by atoms with E-state index in [0.29, 0.717) is 93.1 Å². The molecule has 527 valence electrons. The van der Waals surface area contributed by atoms with Crippen molar-refractivity contribution in [2.75, 3.05) is 141 Å². The predicted molar refractivity (Wildman–Crippen MR) is 372 cm³/mol. The molecule has 33 heteroatoms. The number of pyridine rings is 2. The Balaban J connectivity index is 0.000000328. The molecule has 0 aromatic carbocycles. The first-order chi connectivity index (χ1) is 45.2. The third kappa shape index (κ3) is 25.8. The van der Waals surface area contributed by atoms with Crippen molar-refractivity contribution in [1.82, 2.24) is 49.9 Å². The second-order valence-corrected chi connectivity index (χ2v) is 29.9. The van der Waals surface area contributed by atoms with E-state index in [1.165, 1.54) is 50.0 Å². The van der Waals surface area contributed by atoms with E-state index in [9.17, 15) is 31.2 Å². The Morgan fingerprint density at radius 2 is 1.01 bits per heavy atom. The number of anilines is 2. The maximum Gasteiger partial charge on any atom is 1.00 e. The van der Waals surface area contributed by atoms with Gasteiger partial charge in [-0.2, -0.15) is 0 Å². The number of methoxy groups -OCH3 is 2. The van der Waals surface area contributed by atoms with Crippen LogP contribution in [0.3, 0.4) is 0 Å². The minimum absolute atomic E-state index is 0. The largest absolute Gasteiger partial charge is 1.00 e. The molecule has 10 heterocycles. The van der Waals surface area contributed by atoms with Crippen LogP contribution < -0.4 is 59.3 Å². The molecule has 10 rings (SSSR count). The van der Waals surface area contributed by atoms with Gasteiger partial charge in [0.15, 0.2) is 19.7 Å². The van der Waals surface area contributed by atoms with E-state index in [1.54, 1.807) is 35.1 Å². The first kappa shape index (κ1) is 83.8. The third-order valence-electron chi connectivity index (χ3n) is 15.7. The van der Waals surface area contributed by atoms with E-state index >= 15 is 0 Å². The molecule has 0 amide bonds. The number of hydrogen-bond acceptors (Lipinski definition) is 29. The summed E-state index contributed by atoms with van der Waals surface area (Å²) >= 11 is 3.34. The number of sulfone groups is 2. The predicted octanol–water partition coefficient (Wildman–Crippen LogP) is 2.40. The summed E-state index contributed by atoms with van der Waals surface area (Å²) in [6.45, 7) is 31.2. The van der Waals surface area contributed by atoms with Crippen molar-refractivity contribution in [3.05, 3.63) is 56.5 Å². The van der Waals surface area contributed by atoms with Crippen LogP contribution in [0.15, 0.2) is 24.5 Å². The number of likely N-dealkylation sites (tertiary alicyclic amines) is 2. The Morgan fingerprint density at radius 1 is 0.639 bits per heavy atom. The fourth-order valence-electron chi connectivity index (χ4n) is 11.2. The third-order valence-corrected chi connectivity index (χ3v) is 19.6. The number of rotatable bonds is 19. The van der Waals surface area contributed by atoms with Gasteiger partial charge in [0.05, 0.1) is 84.0 Å². The number of Topliss-reactive ketones (excluding diaryl/α,β-unsaturated/α-hetero) is 1. The first-order valence-corrected chi connectivity index (χ1v) is 37.6. The fourth-order valence-corrected chi connectivity index (χ4v) is 14.9. The molecule has 0 bridgehead atoms. The zero-order chi connectivity index (χ0) is 69.6. The molecular weight excluding hydrogens is 1340 g/mol. The number of nitrogens with zero attached hydrogens (tertiary/aromatic N) is 11. The van der Waals surface area contributed by atoms with Gasteiger partial charge in [-0.05, 0) is 85.0 Å². The topological polar surface area (TPSA) is 321 Å². The van der Waals surface area contributed by atoms with Crippen LogP contribution in [0.4, 0.5) is 11.9 Å². The summed E-state index contributed by atoms with van der Waals surface area (Å²) in [4.78, 5) is 91.2. The summed E-state index contributed by atoms with van der Waals surface area (Å²) in [5, 5.41) is 12.0. The number of aryl methyl sites for hydroxylation is 2. The molecule has 1 N–H and O–H groups in total. The average molecular weight is 1430 g/mol. The van der Waals surface area contributed by atoms with E-state index in [2.05, 4.69) is 91.1 Å². The molecular formula is C64H93BN12NaO15S4. The van der Waals surface area contributed by atoms with Crippen LogP contribution in [-0.2, 0) is 82.7 Å². The molecule has 97 heavy (non-hydrogen) atoms. The maximum atomic E-state index is 12.2. The molecule has 0 saturated carbocycles. The van der Waals surface area contributed by atoms with Gasteiger partial charge in [0.25, 0.3) is 0 Å². The molecule has 0 unspecified atom stereocenters. The van der Waals surface area contributed by atoms with Gasteiger partial charge >= 0.3 is 41.5 Å². The van der Waals surface area contributed by atoms with Crippen LogP contribution in [0, 0.1) is 13.8 Å². The molecule has 4 fully saturated rings. The van der Waals surface area contributed by atoms with Crippen LogP contribution in [0.1, 0.15) is 106 Å². The second-order valence-electron chi connectivity index (χ2n) is 23.1. The molecule has 6 aromatic rings. The van der Waals surface area contributed by atoms with Crippen LogP contribution in [0.2, 0.25) is 0 Å². The Bertz CT molecular complexity index is 3760. The summed E-state index contributed by atoms with van der Waals surface area (Å²) < 4.78 is 72.4. The van der Waals surface area contributed by atoms with E-state index < -0.39 is 37.6 Å². The number of ketones is 1. The zero-order valence-corrected chi connectivity index (χ0v) is 63.9. The van der Waals surface area contributed by atoms with E-state index in [-0.39, 0.29) is 55.4 Å². The van der Waals surface area contributed by atoms with Crippen molar-refractivity contribution >= 4 is 107 Å². The van der Waals surface area contributed by atoms with Gasteiger partial charge < -0.3 is 48.9 Å². The van der Waals surface area contributed by atoms with Crippen molar-refractivity contribution < 1.29 is 99.4 Å². The first-order valence-electron chi connectivity index (χ1n) is 31.8. The minimum Gasteiger partial charge on any atom is -0.550 e.